The first-order chi connectivity index (χ1) is 8.09. The molecule has 17 heavy (non-hydrogen) atoms. The molecule has 0 N–H and O–H groups in total. The molecule has 2 saturated heterocycles. The van der Waals surface area contributed by atoms with Gasteiger partial charge in [-0.25, -0.2) is 0 Å². The maximum atomic E-state index is 11.4. The van der Waals surface area contributed by atoms with Gasteiger partial charge in [0.25, 0.3) is 0 Å². The molecule has 3 heteroatoms. The van der Waals surface area contributed by atoms with Crippen LogP contribution in [0.3, 0.4) is 0 Å². The average molecular weight is 236 g/mol. The minimum atomic E-state index is -0.0123. The first-order valence-electron chi connectivity index (χ1n) is 6.59. The number of rotatable bonds is 1. The van der Waals surface area contributed by atoms with Crippen molar-refractivity contribution >= 4 is 5.78 Å². The second-order valence-corrected chi connectivity index (χ2v) is 5.92. The Bertz CT molecular complexity index is 350. The molecule has 3 aliphatic rings. The molecule has 1 aliphatic carbocycles. The number of ether oxygens (including phenoxy) is 2. The zero-order valence-corrected chi connectivity index (χ0v) is 10.5. The molecule has 2 aliphatic heterocycles. The van der Waals surface area contributed by atoms with Gasteiger partial charge >= 0.3 is 0 Å². The van der Waals surface area contributed by atoms with Crippen molar-refractivity contribution in [2.75, 3.05) is 6.61 Å². The Morgan fingerprint density at radius 3 is 3.00 bits per heavy atom. The quantitative estimate of drug-likeness (QED) is 0.701. The van der Waals surface area contributed by atoms with Crippen LogP contribution in [0.1, 0.15) is 33.1 Å². The lowest BCUT2D eigenvalue weighted by atomic mass is 9.67. The highest BCUT2D eigenvalue weighted by atomic mass is 16.7. The van der Waals surface area contributed by atoms with E-state index in [0.29, 0.717) is 18.3 Å². The third kappa shape index (κ3) is 1.76. The van der Waals surface area contributed by atoms with Crippen LogP contribution in [-0.2, 0) is 14.3 Å². The summed E-state index contributed by atoms with van der Waals surface area (Å²) in [6.45, 7) is 5.20. The van der Waals surface area contributed by atoms with Crippen molar-refractivity contribution in [1.29, 1.82) is 0 Å². The van der Waals surface area contributed by atoms with Gasteiger partial charge in [0, 0.05) is 17.8 Å². The van der Waals surface area contributed by atoms with E-state index in [2.05, 4.69) is 19.9 Å². The van der Waals surface area contributed by atoms with E-state index in [0.717, 1.165) is 19.4 Å². The normalized spacial score (nSPS) is 49.6. The van der Waals surface area contributed by atoms with Crippen molar-refractivity contribution in [1.82, 2.24) is 0 Å². The summed E-state index contributed by atoms with van der Waals surface area (Å²) in [6, 6.07) is 0. The molecule has 0 aromatic carbocycles. The minimum absolute atomic E-state index is 0.00931. The molecular weight excluding hydrogens is 216 g/mol. The van der Waals surface area contributed by atoms with Crippen molar-refractivity contribution in [3.8, 4) is 0 Å². The highest BCUT2D eigenvalue weighted by Crippen LogP contribution is 2.48. The summed E-state index contributed by atoms with van der Waals surface area (Å²) in [5.74, 6) is 1.16. The molecule has 3 rings (SSSR count). The Labute approximate surface area is 102 Å². The van der Waals surface area contributed by atoms with E-state index in [-0.39, 0.29) is 23.6 Å². The van der Waals surface area contributed by atoms with Gasteiger partial charge < -0.3 is 9.47 Å². The number of carbonyl (C=O) groups is 1. The molecule has 0 saturated carbocycles. The Kier molecular flexibility index (Phi) is 2.64. The Morgan fingerprint density at radius 1 is 1.47 bits per heavy atom. The summed E-state index contributed by atoms with van der Waals surface area (Å²) in [6.07, 6.45) is 6.85. The Hall–Kier alpha value is -0.670. The lowest BCUT2D eigenvalue weighted by Gasteiger charge is -2.39. The fraction of sp³-hybridized carbons (Fsp3) is 0.786. The van der Waals surface area contributed by atoms with E-state index in [4.69, 9.17) is 9.47 Å². The number of allylic oxidation sites excluding steroid dienone is 1. The Balaban J connectivity index is 1.79. The van der Waals surface area contributed by atoms with Gasteiger partial charge in [-0.2, -0.15) is 0 Å². The monoisotopic (exact) mass is 236 g/mol. The fourth-order valence-electron chi connectivity index (χ4n) is 3.33. The predicted octanol–water partition coefficient (Wildman–Crippen LogP) is 2.31. The highest BCUT2D eigenvalue weighted by molar-refractivity contribution is 5.90. The second kappa shape index (κ2) is 3.92. The van der Waals surface area contributed by atoms with Gasteiger partial charge in [0.15, 0.2) is 12.1 Å². The molecule has 0 amide bonds. The first-order valence-corrected chi connectivity index (χ1v) is 6.59. The fourth-order valence-corrected chi connectivity index (χ4v) is 3.33. The molecule has 0 aromatic heterocycles. The standard InChI is InChI=1S/C14H20O3/c1-9-7-11(15)3-5-14(9,2)12-8-10-4-6-16-13(10)17-12/h3,5,9-10,12-13H,4,6-8H2,1-2H3/t9-,10+,12-,13-,14-/m1/s1. The van der Waals surface area contributed by atoms with Gasteiger partial charge in [-0.3, -0.25) is 4.79 Å². The zero-order valence-electron chi connectivity index (χ0n) is 10.5. The van der Waals surface area contributed by atoms with Crippen LogP contribution in [0.4, 0.5) is 0 Å². The van der Waals surface area contributed by atoms with Crippen molar-refractivity contribution in [3.63, 3.8) is 0 Å². The van der Waals surface area contributed by atoms with E-state index >= 15 is 0 Å². The minimum Gasteiger partial charge on any atom is -0.352 e. The smallest absolute Gasteiger partial charge is 0.160 e. The summed E-state index contributed by atoms with van der Waals surface area (Å²) < 4.78 is 11.6. The molecule has 2 heterocycles. The van der Waals surface area contributed by atoms with Crippen molar-refractivity contribution in [2.24, 2.45) is 17.3 Å². The second-order valence-electron chi connectivity index (χ2n) is 5.92. The maximum absolute atomic E-state index is 11.4. The zero-order chi connectivity index (χ0) is 12.0. The molecule has 0 radical (unpaired) electrons. The van der Waals surface area contributed by atoms with Crippen LogP contribution in [0.15, 0.2) is 12.2 Å². The maximum Gasteiger partial charge on any atom is 0.160 e. The summed E-state index contributed by atoms with van der Waals surface area (Å²) >= 11 is 0. The molecule has 2 fully saturated rings. The topological polar surface area (TPSA) is 35.5 Å². The third-order valence-corrected chi connectivity index (χ3v) is 4.86. The molecule has 5 atom stereocenters. The SMILES string of the molecule is C[C@@H]1CC(=O)C=C[C@@]1(C)[C@H]1C[C@@H]2CCO[C@@H]2O1. The van der Waals surface area contributed by atoms with Gasteiger partial charge in [-0.15, -0.1) is 0 Å². The van der Waals surface area contributed by atoms with Gasteiger partial charge in [0.2, 0.25) is 0 Å². The molecule has 3 nitrogen and oxygen atoms in total. The number of fused-ring (bicyclic) bond motifs is 1. The van der Waals surface area contributed by atoms with Gasteiger partial charge in [-0.05, 0) is 24.8 Å². The van der Waals surface area contributed by atoms with Crippen LogP contribution < -0.4 is 0 Å². The summed E-state index contributed by atoms with van der Waals surface area (Å²) in [4.78, 5) is 11.4. The van der Waals surface area contributed by atoms with Crippen molar-refractivity contribution < 1.29 is 14.3 Å². The van der Waals surface area contributed by atoms with Crippen LogP contribution >= 0.6 is 0 Å². The van der Waals surface area contributed by atoms with E-state index in [9.17, 15) is 4.79 Å². The number of carbonyl (C=O) groups excluding carboxylic acids is 1. The lowest BCUT2D eigenvalue weighted by Crippen LogP contribution is -2.40. The summed E-state index contributed by atoms with van der Waals surface area (Å²) in [5, 5.41) is 0. The number of hydrogen-bond acceptors (Lipinski definition) is 3. The first kappa shape index (κ1) is 11.4. The van der Waals surface area contributed by atoms with E-state index < -0.39 is 0 Å². The molecular formula is C14H20O3. The van der Waals surface area contributed by atoms with Crippen LogP contribution in [-0.4, -0.2) is 24.8 Å². The van der Waals surface area contributed by atoms with Gasteiger partial charge in [-0.1, -0.05) is 19.9 Å². The lowest BCUT2D eigenvalue weighted by molar-refractivity contribution is -0.145. The molecule has 0 aromatic rings. The van der Waals surface area contributed by atoms with Crippen molar-refractivity contribution in [2.45, 2.75) is 45.5 Å². The van der Waals surface area contributed by atoms with Crippen LogP contribution in [0, 0.1) is 17.3 Å². The summed E-state index contributed by atoms with van der Waals surface area (Å²) in [5.41, 5.74) is -0.0123. The van der Waals surface area contributed by atoms with Gasteiger partial charge in [0.05, 0.1) is 12.7 Å². The number of hydrogen-bond donors (Lipinski definition) is 0. The van der Waals surface area contributed by atoms with Gasteiger partial charge in [0.1, 0.15) is 0 Å². The summed E-state index contributed by atoms with van der Waals surface area (Å²) in [7, 11) is 0. The molecule has 94 valence electrons. The van der Waals surface area contributed by atoms with E-state index in [1.54, 1.807) is 6.08 Å². The van der Waals surface area contributed by atoms with Crippen LogP contribution in [0.25, 0.3) is 0 Å². The molecule has 0 spiro atoms. The van der Waals surface area contributed by atoms with E-state index in [1.165, 1.54) is 0 Å². The van der Waals surface area contributed by atoms with Crippen LogP contribution in [0.2, 0.25) is 0 Å². The third-order valence-electron chi connectivity index (χ3n) is 4.86. The molecule has 0 unspecified atom stereocenters. The van der Waals surface area contributed by atoms with Crippen molar-refractivity contribution in [3.05, 3.63) is 12.2 Å². The highest BCUT2D eigenvalue weighted by Gasteiger charge is 2.49. The molecule has 0 bridgehead atoms. The largest absolute Gasteiger partial charge is 0.352 e. The van der Waals surface area contributed by atoms with Crippen LogP contribution in [0.5, 0.6) is 0 Å². The predicted molar refractivity (Wildman–Crippen MR) is 63.4 cm³/mol. The Morgan fingerprint density at radius 2 is 2.29 bits per heavy atom. The number of ketones is 1. The van der Waals surface area contributed by atoms with E-state index in [1.807, 2.05) is 0 Å². The average Bonchev–Trinajstić information content (AvgIpc) is 2.84.